The number of fused-ring (bicyclic) bond motifs is 1. The Labute approximate surface area is 140 Å². The molecule has 4 nitrogen and oxygen atoms in total. The van der Waals surface area contributed by atoms with Crippen molar-refractivity contribution in [2.45, 2.75) is 6.92 Å². The zero-order valence-corrected chi connectivity index (χ0v) is 14.0. The summed E-state index contributed by atoms with van der Waals surface area (Å²) in [5.74, 6) is 0.286. The van der Waals surface area contributed by atoms with Crippen LogP contribution in [0.3, 0.4) is 0 Å². The molecule has 0 saturated heterocycles. The minimum atomic E-state index is -0.400. The second-order valence-corrected chi connectivity index (χ2v) is 5.90. The first-order chi connectivity index (χ1) is 10.6. The molecule has 0 aliphatic carbocycles. The van der Waals surface area contributed by atoms with E-state index in [4.69, 9.17) is 16.3 Å². The normalized spacial score (nSPS) is 10.9. The molecule has 3 rings (SSSR count). The van der Waals surface area contributed by atoms with Crippen molar-refractivity contribution in [1.82, 2.24) is 9.97 Å². The summed E-state index contributed by atoms with van der Waals surface area (Å²) in [4.78, 5) is 19.6. The van der Waals surface area contributed by atoms with Crippen molar-refractivity contribution in [1.29, 1.82) is 0 Å². The molecule has 22 heavy (non-hydrogen) atoms. The lowest BCUT2D eigenvalue weighted by Crippen LogP contribution is -2.04. The van der Waals surface area contributed by atoms with Gasteiger partial charge in [0.15, 0.2) is 0 Å². The van der Waals surface area contributed by atoms with Crippen LogP contribution in [0.4, 0.5) is 0 Å². The average molecular weight is 380 g/mol. The zero-order chi connectivity index (χ0) is 15.7. The molecular formula is C16H12BrClN2O2. The third kappa shape index (κ3) is 2.74. The fourth-order valence-corrected chi connectivity index (χ4v) is 2.92. The fourth-order valence-electron chi connectivity index (χ4n) is 2.19. The van der Waals surface area contributed by atoms with Crippen molar-refractivity contribution in [2.24, 2.45) is 0 Å². The van der Waals surface area contributed by atoms with Crippen molar-refractivity contribution < 1.29 is 9.53 Å². The van der Waals surface area contributed by atoms with Crippen LogP contribution in [-0.4, -0.2) is 22.5 Å². The van der Waals surface area contributed by atoms with Crippen molar-refractivity contribution in [3.8, 4) is 11.4 Å². The van der Waals surface area contributed by atoms with Crippen LogP contribution in [0, 0.1) is 0 Å². The monoisotopic (exact) mass is 378 g/mol. The minimum Gasteiger partial charge on any atom is -0.462 e. The molecule has 0 unspecified atom stereocenters. The number of carbonyl (C=O) groups is 1. The lowest BCUT2D eigenvalue weighted by molar-refractivity contribution is 0.0526. The lowest BCUT2D eigenvalue weighted by atomic mass is 10.2. The molecule has 0 bridgehead atoms. The smallest absolute Gasteiger partial charge is 0.338 e. The van der Waals surface area contributed by atoms with Gasteiger partial charge in [0, 0.05) is 10.0 Å². The number of aromatic amines is 1. The van der Waals surface area contributed by atoms with Gasteiger partial charge in [-0.3, -0.25) is 0 Å². The van der Waals surface area contributed by atoms with Crippen LogP contribution >= 0.6 is 27.5 Å². The van der Waals surface area contributed by atoms with Gasteiger partial charge in [-0.05, 0) is 25.1 Å². The van der Waals surface area contributed by atoms with E-state index in [1.807, 2.05) is 24.3 Å². The van der Waals surface area contributed by atoms with Crippen LogP contribution < -0.4 is 0 Å². The summed E-state index contributed by atoms with van der Waals surface area (Å²) in [5.41, 5.74) is 2.65. The first kappa shape index (κ1) is 15.1. The summed E-state index contributed by atoms with van der Waals surface area (Å²) in [7, 11) is 0. The topological polar surface area (TPSA) is 55.0 Å². The maximum Gasteiger partial charge on any atom is 0.338 e. The highest BCUT2D eigenvalue weighted by molar-refractivity contribution is 9.10. The number of benzene rings is 2. The highest BCUT2D eigenvalue weighted by atomic mass is 79.9. The molecule has 0 aliphatic rings. The summed E-state index contributed by atoms with van der Waals surface area (Å²) < 4.78 is 5.93. The number of hydrogen-bond acceptors (Lipinski definition) is 3. The third-order valence-electron chi connectivity index (χ3n) is 3.18. The summed E-state index contributed by atoms with van der Waals surface area (Å²) in [5, 5.41) is 0.412. The number of carbonyl (C=O) groups excluding carboxylic acids is 1. The zero-order valence-electron chi connectivity index (χ0n) is 11.7. The Bertz CT molecular complexity index is 860. The van der Waals surface area contributed by atoms with Gasteiger partial charge in [0.2, 0.25) is 0 Å². The first-order valence-corrected chi connectivity index (χ1v) is 7.88. The van der Waals surface area contributed by atoms with E-state index in [-0.39, 0.29) is 0 Å². The van der Waals surface area contributed by atoms with E-state index in [0.717, 1.165) is 10.0 Å². The Morgan fingerprint density at radius 1 is 1.36 bits per heavy atom. The van der Waals surface area contributed by atoms with E-state index < -0.39 is 5.97 Å². The van der Waals surface area contributed by atoms with Crippen molar-refractivity contribution in [3.05, 3.63) is 51.5 Å². The van der Waals surface area contributed by atoms with Crippen LogP contribution in [0.1, 0.15) is 17.3 Å². The van der Waals surface area contributed by atoms with Gasteiger partial charge in [-0.15, -0.1) is 0 Å². The second kappa shape index (κ2) is 6.10. The van der Waals surface area contributed by atoms with Gasteiger partial charge < -0.3 is 9.72 Å². The number of nitrogens with one attached hydrogen (secondary N) is 1. The highest BCUT2D eigenvalue weighted by Gasteiger charge is 2.15. The first-order valence-electron chi connectivity index (χ1n) is 6.71. The molecule has 0 atom stereocenters. The standard InChI is InChI=1S/C16H12BrClN2O2/c1-2-22-16(21)9-7-12(18)14-13(8-9)19-15(20-14)10-5-3-4-6-11(10)17/h3-8H,2H2,1H3,(H,19,20). The van der Waals surface area contributed by atoms with E-state index in [1.165, 1.54) is 0 Å². The molecule has 0 fully saturated rings. The number of rotatable bonds is 3. The van der Waals surface area contributed by atoms with Crippen molar-refractivity contribution in [3.63, 3.8) is 0 Å². The van der Waals surface area contributed by atoms with Gasteiger partial charge in [0.25, 0.3) is 0 Å². The van der Waals surface area contributed by atoms with Crippen LogP contribution in [0.25, 0.3) is 22.4 Å². The summed E-state index contributed by atoms with van der Waals surface area (Å²) in [6.07, 6.45) is 0. The molecule has 2 aromatic carbocycles. The molecule has 112 valence electrons. The maximum absolute atomic E-state index is 11.8. The Hall–Kier alpha value is -1.85. The van der Waals surface area contributed by atoms with Gasteiger partial charge in [0.05, 0.1) is 22.7 Å². The summed E-state index contributed by atoms with van der Waals surface area (Å²) >= 11 is 9.74. The third-order valence-corrected chi connectivity index (χ3v) is 4.16. The molecule has 6 heteroatoms. The molecule has 0 saturated carbocycles. The molecule has 0 spiro atoms. The lowest BCUT2D eigenvalue weighted by Gasteiger charge is -2.02. The Morgan fingerprint density at radius 3 is 2.86 bits per heavy atom. The minimum absolute atomic E-state index is 0.319. The highest BCUT2D eigenvalue weighted by Crippen LogP contribution is 2.30. The molecule has 3 aromatic rings. The number of H-pyrrole nitrogens is 1. The van der Waals surface area contributed by atoms with Gasteiger partial charge in [-0.1, -0.05) is 45.7 Å². The van der Waals surface area contributed by atoms with E-state index in [9.17, 15) is 4.79 Å². The van der Waals surface area contributed by atoms with Gasteiger partial charge >= 0.3 is 5.97 Å². The quantitative estimate of drug-likeness (QED) is 0.664. The van der Waals surface area contributed by atoms with E-state index in [0.29, 0.717) is 34.1 Å². The van der Waals surface area contributed by atoms with Gasteiger partial charge in [-0.2, -0.15) is 0 Å². The molecule has 1 heterocycles. The number of imidazole rings is 1. The number of ether oxygens (including phenoxy) is 1. The van der Waals surface area contributed by atoms with Crippen LogP contribution in [0.15, 0.2) is 40.9 Å². The SMILES string of the molecule is CCOC(=O)c1cc(Cl)c2nc(-c3ccccc3Br)[nH]c2c1. The van der Waals surface area contributed by atoms with Crippen LogP contribution in [-0.2, 0) is 4.74 Å². The van der Waals surface area contributed by atoms with Crippen LogP contribution in [0.5, 0.6) is 0 Å². The predicted molar refractivity (Wildman–Crippen MR) is 90.2 cm³/mol. The number of esters is 1. The maximum atomic E-state index is 11.8. The largest absolute Gasteiger partial charge is 0.462 e. The van der Waals surface area contributed by atoms with E-state index in [1.54, 1.807) is 19.1 Å². The molecule has 0 amide bonds. The average Bonchev–Trinajstić information content (AvgIpc) is 2.92. The Kier molecular flexibility index (Phi) is 4.18. The molecular weight excluding hydrogens is 368 g/mol. The van der Waals surface area contributed by atoms with Crippen LogP contribution in [0.2, 0.25) is 5.02 Å². The van der Waals surface area contributed by atoms with Gasteiger partial charge in [0.1, 0.15) is 11.3 Å². The van der Waals surface area contributed by atoms with E-state index in [2.05, 4.69) is 25.9 Å². The second-order valence-electron chi connectivity index (χ2n) is 4.64. The van der Waals surface area contributed by atoms with Gasteiger partial charge in [-0.25, -0.2) is 9.78 Å². The fraction of sp³-hybridized carbons (Fsp3) is 0.125. The molecule has 1 N–H and O–H groups in total. The summed E-state index contributed by atoms with van der Waals surface area (Å²) in [6.45, 7) is 2.08. The molecule has 0 radical (unpaired) electrons. The number of nitrogens with zero attached hydrogens (tertiary/aromatic N) is 1. The molecule has 0 aliphatic heterocycles. The number of hydrogen-bond donors (Lipinski definition) is 1. The predicted octanol–water partition coefficient (Wildman–Crippen LogP) is 4.82. The summed E-state index contributed by atoms with van der Waals surface area (Å²) in [6, 6.07) is 11.0. The molecule has 1 aromatic heterocycles. The Morgan fingerprint density at radius 2 is 2.14 bits per heavy atom. The Balaban J connectivity index is 2.12. The van der Waals surface area contributed by atoms with Crippen molar-refractivity contribution in [2.75, 3.05) is 6.61 Å². The van der Waals surface area contributed by atoms with Crippen molar-refractivity contribution >= 4 is 44.5 Å². The number of aromatic nitrogens is 2. The van der Waals surface area contributed by atoms with E-state index >= 15 is 0 Å². The number of halogens is 2.